The van der Waals surface area contributed by atoms with Gasteiger partial charge in [0.05, 0.1) is 13.2 Å². The summed E-state index contributed by atoms with van der Waals surface area (Å²) in [6.07, 6.45) is 1.98. The molecule has 0 spiro atoms. The Morgan fingerprint density at radius 3 is 3.05 bits per heavy atom. The molecule has 2 atom stereocenters. The summed E-state index contributed by atoms with van der Waals surface area (Å²) in [6.45, 7) is 5.67. The summed E-state index contributed by atoms with van der Waals surface area (Å²) in [5, 5.41) is 3.32. The number of nitrogens with one attached hydrogen (secondary N) is 1. The number of carbonyl (C=O) groups excluding carboxylic acids is 1. The molecule has 1 saturated heterocycles. The maximum absolute atomic E-state index is 12.2. The van der Waals surface area contributed by atoms with Crippen LogP contribution in [0, 0.1) is 12.8 Å². The summed E-state index contributed by atoms with van der Waals surface area (Å²) < 4.78 is 10.7. The molecule has 1 N–H and O–H groups in total. The molecule has 0 aliphatic carbocycles. The Kier molecular flexibility index (Phi) is 5.41. The predicted molar refractivity (Wildman–Crippen MR) is 78.8 cm³/mol. The molecule has 0 aromatic heterocycles. The second kappa shape index (κ2) is 7.29. The van der Waals surface area contributed by atoms with Gasteiger partial charge in [-0.1, -0.05) is 12.1 Å². The third kappa shape index (κ3) is 3.97. The van der Waals surface area contributed by atoms with E-state index < -0.39 is 0 Å². The number of benzene rings is 1. The molecular weight excluding hydrogens is 254 g/mol. The highest BCUT2D eigenvalue weighted by Crippen LogP contribution is 2.22. The number of ether oxygens (including phenoxy) is 2. The van der Waals surface area contributed by atoms with E-state index >= 15 is 0 Å². The summed E-state index contributed by atoms with van der Waals surface area (Å²) in [5.74, 6) is -0.0205. The highest BCUT2D eigenvalue weighted by atomic mass is 16.5. The van der Waals surface area contributed by atoms with Crippen LogP contribution in [0.3, 0.4) is 0 Å². The molecule has 2 rings (SSSR count). The molecule has 0 saturated carbocycles. The zero-order valence-corrected chi connectivity index (χ0v) is 12.2. The van der Waals surface area contributed by atoms with Gasteiger partial charge in [0, 0.05) is 18.2 Å². The van der Waals surface area contributed by atoms with E-state index in [9.17, 15) is 4.79 Å². The first-order valence-electron chi connectivity index (χ1n) is 7.28. The van der Waals surface area contributed by atoms with Crippen molar-refractivity contribution in [2.45, 2.75) is 32.7 Å². The Labute approximate surface area is 120 Å². The normalized spacial score (nSPS) is 20.2. The van der Waals surface area contributed by atoms with Crippen LogP contribution in [0.5, 0.6) is 0 Å². The number of carbonyl (C=O) groups is 1. The highest BCUT2D eigenvalue weighted by Gasteiger charge is 2.31. The molecule has 0 bridgehead atoms. The van der Waals surface area contributed by atoms with Gasteiger partial charge in [-0.15, -0.1) is 0 Å². The first kappa shape index (κ1) is 14.9. The lowest BCUT2D eigenvalue weighted by molar-refractivity contribution is -0.146. The standard InChI is InChI=1S/C16H23NO3/c1-3-20-16(18)15(13-7-5-9-19-11-13)17-14-8-4-6-12(2)10-14/h4,6,8,10,13,15,17H,3,5,7,9,11H2,1-2H3. The van der Waals surface area contributed by atoms with E-state index in [1.165, 1.54) is 0 Å². The third-order valence-electron chi connectivity index (χ3n) is 3.55. The third-order valence-corrected chi connectivity index (χ3v) is 3.55. The van der Waals surface area contributed by atoms with Gasteiger partial charge < -0.3 is 14.8 Å². The molecule has 1 aliphatic heterocycles. The lowest BCUT2D eigenvalue weighted by atomic mass is 9.93. The van der Waals surface area contributed by atoms with Crippen LogP contribution in [0.4, 0.5) is 5.69 Å². The van der Waals surface area contributed by atoms with Crippen molar-refractivity contribution in [3.63, 3.8) is 0 Å². The van der Waals surface area contributed by atoms with Gasteiger partial charge in [-0.2, -0.15) is 0 Å². The molecule has 4 heteroatoms. The van der Waals surface area contributed by atoms with E-state index in [0.29, 0.717) is 13.2 Å². The molecule has 2 unspecified atom stereocenters. The van der Waals surface area contributed by atoms with Crippen LogP contribution in [0.1, 0.15) is 25.3 Å². The smallest absolute Gasteiger partial charge is 0.328 e. The van der Waals surface area contributed by atoms with Crippen LogP contribution in [0.2, 0.25) is 0 Å². The zero-order valence-electron chi connectivity index (χ0n) is 12.2. The largest absolute Gasteiger partial charge is 0.464 e. The lowest BCUT2D eigenvalue weighted by Gasteiger charge is -2.30. The second-order valence-electron chi connectivity index (χ2n) is 5.22. The molecule has 1 fully saturated rings. The second-order valence-corrected chi connectivity index (χ2v) is 5.22. The van der Waals surface area contributed by atoms with E-state index in [1.807, 2.05) is 38.1 Å². The summed E-state index contributed by atoms with van der Waals surface area (Å²) in [6, 6.07) is 7.70. The van der Waals surface area contributed by atoms with Crippen LogP contribution < -0.4 is 5.32 Å². The molecule has 110 valence electrons. The summed E-state index contributed by atoms with van der Waals surface area (Å²) in [4.78, 5) is 12.2. The first-order chi connectivity index (χ1) is 9.70. The summed E-state index contributed by atoms with van der Waals surface area (Å²) >= 11 is 0. The lowest BCUT2D eigenvalue weighted by Crippen LogP contribution is -2.42. The van der Waals surface area contributed by atoms with E-state index in [4.69, 9.17) is 9.47 Å². The van der Waals surface area contributed by atoms with Crippen molar-refractivity contribution in [2.24, 2.45) is 5.92 Å². The number of anilines is 1. The number of aryl methyl sites for hydroxylation is 1. The fraction of sp³-hybridized carbons (Fsp3) is 0.562. The van der Waals surface area contributed by atoms with Gasteiger partial charge in [0.25, 0.3) is 0 Å². The van der Waals surface area contributed by atoms with Crippen molar-refractivity contribution in [1.82, 2.24) is 0 Å². The van der Waals surface area contributed by atoms with Gasteiger partial charge in [0.2, 0.25) is 0 Å². The number of esters is 1. The van der Waals surface area contributed by atoms with Gasteiger partial charge in [-0.25, -0.2) is 4.79 Å². The highest BCUT2D eigenvalue weighted by molar-refractivity contribution is 5.79. The maximum Gasteiger partial charge on any atom is 0.328 e. The van der Waals surface area contributed by atoms with Crippen LogP contribution in [0.25, 0.3) is 0 Å². The van der Waals surface area contributed by atoms with Gasteiger partial charge in [0.15, 0.2) is 0 Å². The van der Waals surface area contributed by atoms with Crippen molar-refractivity contribution < 1.29 is 14.3 Å². The fourth-order valence-corrected chi connectivity index (χ4v) is 2.54. The minimum atomic E-state index is -0.336. The van der Waals surface area contributed by atoms with E-state index in [1.54, 1.807) is 0 Å². The SMILES string of the molecule is CCOC(=O)C(Nc1cccc(C)c1)C1CCCOC1. The Morgan fingerprint density at radius 2 is 2.40 bits per heavy atom. The number of rotatable bonds is 5. The molecule has 0 amide bonds. The molecule has 0 radical (unpaired) electrons. The van der Waals surface area contributed by atoms with Crippen LogP contribution in [-0.4, -0.2) is 31.8 Å². The van der Waals surface area contributed by atoms with Gasteiger partial charge >= 0.3 is 5.97 Å². The quantitative estimate of drug-likeness (QED) is 0.841. The monoisotopic (exact) mass is 277 g/mol. The van der Waals surface area contributed by atoms with Gasteiger partial charge in [-0.3, -0.25) is 0 Å². The van der Waals surface area contributed by atoms with Crippen molar-refractivity contribution >= 4 is 11.7 Å². The van der Waals surface area contributed by atoms with Crippen LogP contribution >= 0.6 is 0 Å². The average Bonchev–Trinajstić information content (AvgIpc) is 2.46. The van der Waals surface area contributed by atoms with Crippen molar-refractivity contribution in [2.75, 3.05) is 25.1 Å². The van der Waals surface area contributed by atoms with Gasteiger partial charge in [0.1, 0.15) is 6.04 Å². The van der Waals surface area contributed by atoms with Crippen molar-refractivity contribution in [1.29, 1.82) is 0 Å². The maximum atomic E-state index is 12.2. The Bertz CT molecular complexity index is 441. The molecule has 4 nitrogen and oxygen atoms in total. The topological polar surface area (TPSA) is 47.6 Å². The summed E-state index contributed by atoms with van der Waals surface area (Å²) in [5.41, 5.74) is 2.12. The van der Waals surface area contributed by atoms with E-state index in [2.05, 4.69) is 5.32 Å². The molecule has 1 heterocycles. The van der Waals surface area contributed by atoms with Crippen LogP contribution in [-0.2, 0) is 14.3 Å². The van der Waals surface area contributed by atoms with E-state index in [-0.39, 0.29) is 17.9 Å². The minimum absolute atomic E-state index is 0.170. The Morgan fingerprint density at radius 1 is 1.55 bits per heavy atom. The fourth-order valence-electron chi connectivity index (χ4n) is 2.54. The zero-order chi connectivity index (χ0) is 14.4. The molecule has 1 aliphatic rings. The predicted octanol–water partition coefficient (Wildman–Crippen LogP) is 2.77. The Hall–Kier alpha value is -1.55. The average molecular weight is 277 g/mol. The molecule has 1 aromatic carbocycles. The Balaban J connectivity index is 2.10. The van der Waals surface area contributed by atoms with Crippen molar-refractivity contribution in [3.05, 3.63) is 29.8 Å². The summed E-state index contributed by atoms with van der Waals surface area (Å²) in [7, 11) is 0. The van der Waals surface area contributed by atoms with E-state index in [0.717, 1.165) is 30.7 Å². The van der Waals surface area contributed by atoms with Gasteiger partial charge in [-0.05, 0) is 44.4 Å². The number of hydrogen-bond donors (Lipinski definition) is 1. The molecule has 1 aromatic rings. The van der Waals surface area contributed by atoms with Crippen molar-refractivity contribution in [3.8, 4) is 0 Å². The minimum Gasteiger partial charge on any atom is -0.464 e. The first-order valence-corrected chi connectivity index (χ1v) is 7.28. The van der Waals surface area contributed by atoms with Crippen LogP contribution in [0.15, 0.2) is 24.3 Å². The number of hydrogen-bond acceptors (Lipinski definition) is 4. The molecule has 20 heavy (non-hydrogen) atoms. The molecular formula is C16H23NO3.